The van der Waals surface area contributed by atoms with Gasteiger partial charge in [0.05, 0.1) is 0 Å². The van der Waals surface area contributed by atoms with Gasteiger partial charge < -0.3 is 24.0 Å². The first-order valence-corrected chi connectivity index (χ1v) is 29.4. The van der Waals surface area contributed by atoms with E-state index in [-0.39, 0.29) is 47.9 Å². The molecule has 7 heteroatoms. The van der Waals surface area contributed by atoms with Crippen LogP contribution in [-0.4, -0.2) is 33.4 Å². The second-order valence-electron chi connectivity index (χ2n) is 15.4. The third-order valence-corrected chi connectivity index (χ3v) is 25.6. The molecule has 0 fully saturated rings. The molecule has 0 amide bonds. The van der Waals surface area contributed by atoms with E-state index in [1.54, 1.807) is 0 Å². The van der Waals surface area contributed by atoms with E-state index in [2.05, 4.69) is 261 Å². The summed E-state index contributed by atoms with van der Waals surface area (Å²) in [4.78, 5) is 0. The van der Waals surface area contributed by atoms with Crippen LogP contribution in [0, 0.1) is 0 Å². The monoisotopic (exact) mass is 1130 g/mol. The first-order valence-electron chi connectivity index (χ1n) is 21.8. The molecule has 0 saturated carbocycles. The molecule has 65 heavy (non-hydrogen) atoms. The minimum atomic E-state index is -1.48. The summed E-state index contributed by atoms with van der Waals surface area (Å²) in [5.41, 5.74) is 0. The molecule has 1 radical (unpaired) electrons. The Morgan fingerprint density at radius 2 is 0.477 bits per heavy atom. The van der Waals surface area contributed by atoms with E-state index in [0.29, 0.717) is 0 Å². The van der Waals surface area contributed by atoms with Gasteiger partial charge in [0.15, 0.2) is 8.80 Å². The van der Waals surface area contributed by atoms with Gasteiger partial charge in [-0.2, -0.15) is 0 Å². The maximum absolute atomic E-state index is 2.50. The zero-order chi connectivity index (χ0) is 42.5. The van der Waals surface area contributed by atoms with Crippen molar-refractivity contribution in [1.82, 2.24) is 0 Å². The number of halogens is 1. The predicted molar refractivity (Wildman–Crippen MR) is 291 cm³/mol. The second kappa shape index (κ2) is 25.5. The van der Waals surface area contributed by atoms with Gasteiger partial charge in [0, 0.05) is 23.9 Å². The van der Waals surface area contributed by atoms with Gasteiger partial charge in [0.1, 0.15) is 0 Å². The zero-order valence-corrected chi connectivity index (χ0v) is 45.0. The van der Waals surface area contributed by atoms with Crippen molar-refractivity contribution >= 4 is 98.5 Å². The maximum Gasteiger partial charge on any atom is 0.156 e. The maximum atomic E-state index is 2.50. The van der Waals surface area contributed by atoms with Crippen molar-refractivity contribution in [3.05, 3.63) is 261 Å². The fourth-order valence-electron chi connectivity index (χ4n) is 8.54. The fraction of sp³-hybridized carbons (Fsp3) is 0.0690. The Balaban J connectivity index is 0.00000210. The molecule has 9 rings (SSSR count). The summed E-state index contributed by atoms with van der Waals surface area (Å²) in [5.74, 6) is 0. The van der Waals surface area contributed by atoms with Crippen molar-refractivity contribution in [1.29, 1.82) is 0 Å². The molecule has 2 unspecified atom stereocenters. The van der Waals surface area contributed by atoms with E-state index in [0.717, 1.165) is 24.6 Å². The number of hydrogen-bond acceptors (Lipinski definition) is 0. The van der Waals surface area contributed by atoms with Gasteiger partial charge in [-0.3, -0.25) is 0 Å². The van der Waals surface area contributed by atoms with Crippen molar-refractivity contribution in [2.75, 3.05) is 24.6 Å². The van der Waals surface area contributed by atoms with E-state index < -0.39 is 40.5 Å². The van der Waals surface area contributed by atoms with Gasteiger partial charge in [-0.1, -0.05) is 266 Å². The minimum absolute atomic E-state index is 0. The molecule has 0 heterocycles. The number of rotatable bonds is 17. The van der Waals surface area contributed by atoms with Crippen LogP contribution in [0.2, 0.25) is 0 Å². The SMILES string of the molecule is [HH].[HH].[I-].[Mo].c1ccc([Si](c2ccccc2P(CCP(c2ccccc2)c2ccccc2)c2ccccc2)c2ccccc2P(CCP(c2ccccc2)c2ccccc2)c2ccccc2)cc1. The molecule has 0 nitrogen and oxygen atoms in total. The Morgan fingerprint density at radius 3 is 0.769 bits per heavy atom. The Hall–Kier alpha value is -3.66. The molecule has 0 aliphatic rings. The van der Waals surface area contributed by atoms with Gasteiger partial charge >= 0.3 is 0 Å². The van der Waals surface area contributed by atoms with Gasteiger partial charge in [0.25, 0.3) is 0 Å². The van der Waals surface area contributed by atoms with Crippen molar-refractivity contribution in [2.45, 2.75) is 0 Å². The van der Waals surface area contributed by atoms with E-state index in [1.807, 2.05) is 0 Å². The zero-order valence-electron chi connectivity index (χ0n) is 36.2. The predicted octanol–water partition coefficient (Wildman–Crippen LogP) is 6.83. The molecule has 0 aliphatic heterocycles. The van der Waals surface area contributed by atoms with Crippen molar-refractivity contribution in [3.63, 3.8) is 0 Å². The van der Waals surface area contributed by atoms with Crippen LogP contribution in [0.5, 0.6) is 0 Å². The molecule has 9 aromatic carbocycles. The van der Waals surface area contributed by atoms with E-state index in [9.17, 15) is 0 Å². The molecular weight excluding hydrogens is 1070 g/mol. The quantitative estimate of drug-likeness (QED) is 0.0407. The fourth-order valence-corrected chi connectivity index (χ4v) is 23.5. The largest absolute Gasteiger partial charge is 1.00 e. The molecule has 2 atom stereocenters. The molecule has 0 aromatic heterocycles. The molecule has 0 aliphatic carbocycles. The molecular formula is C58H55IMoP4Si-. The van der Waals surface area contributed by atoms with Crippen LogP contribution in [0.25, 0.3) is 0 Å². The molecule has 325 valence electrons. The minimum Gasteiger partial charge on any atom is -1.00 e. The second-order valence-corrected chi connectivity index (χ2v) is 27.1. The summed E-state index contributed by atoms with van der Waals surface area (Å²) in [5, 5.41) is 16.3. The third kappa shape index (κ3) is 12.5. The van der Waals surface area contributed by atoms with E-state index >= 15 is 0 Å². The van der Waals surface area contributed by atoms with Crippen LogP contribution in [0.4, 0.5) is 0 Å². The first kappa shape index (κ1) is 49.2. The average Bonchev–Trinajstić information content (AvgIpc) is 3.37. The molecule has 9 aromatic rings. The summed E-state index contributed by atoms with van der Waals surface area (Å²) in [6.07, 6.45) is 4.51. The Bertz CT molecular complexity index is 2520. The molecule has 0 bridgehead atoms. The summed E-state index contributed by atoms with van der Waals surface area (Å²) in [6, 6.07) is 98.7. The smallest absolute Gasteiger partial charge is 0.156 e. The Kier molecular flexibility index (Phi) is 19.3. The summed E-state index contributed by atoms with van der Waals surface area (Å²) >= 11 is 0. The van der Waals surface area contributed by atoms with Crippen molar-refractivity contribution < 1.29 is 47.9 Å². The van der Waals surface area contributed by atoms with Crippen LogP contribution in [-0.2, 0) is 21.1 Å². The van der Waals surface area contributed by atoms with Crippen molar-refractivity contribution in [2.24, 2.45) is 0 Å². The van der Waals surface area contributed by atoms with Crippen LogP contribution in [0.3, 0.4) is 0 Å². The first-order chi connectivity index (χ1) is 31.3. The summed E-state index contributed by atoms with van der Waals surface area (Å²) in [6.45, 7) is 0. The van der Waals surface area contributed by atoms with Gasteiger partial charge in [0.2, 0.25) is 0 Å². The normalized spacial score (nSPS) is 12.0. The molecule has 0 saturated heterocycles. The van der Waals surface area contributed by atoms with Gasteiger partial charge in [-0.25, -0.2) is 0 Å². The van der Waals surface area contributed by atoms with Crippen LogP contribution >= 0.6 is 31.7 Å². The molecule has 0 spiro atoms. The van der Waals surface area contributed by atoms with Crippen LogP contribution in [0.15, 0.2) is 261 Å². The third-order valence-electron chi connectivity index (χ3n) is 11.5. The van der Waals surface area contributed by atoms with E-state index in [4.69, 9.17) is 0 Å². The van der Waals surface area contributed by atoms with Crippen LogP contribution < -0.4 is 82.0 Å². The molecule has 0 N–H and O–H groups in total. The number of hydrogen-bond donors (Lipinski definition) is 0. The Morgan fingerprint density at radius 1 is 0.262 bits per heavy atom. The van der Waals surface area contributed by atoms with Gasteiger partial charge in [-0.15, -0.1) is 0 Å². The standard InChI is InChI=1S/C58H51P4Si.HI.Mo.2H2/c1-8-26-48(27-9-1)59(49-28-10-2-11-29-49)44-46-61(52-34-16-5-17-35-52)55-40-22-24-42-57(55)63(54-38-20-7-21-39-54)58-43-25-23-41-56(58)62(53-36-18-6-19-37-53)47-45-60(50-30-12-3-13-31-50)51-32-14-4-15-33-51;;;;/h1-43H,44-47H2;1H;;2*1H/p-1. The number of benzene rings is 9. The van der Waals surface area contributed by atoms with Gasteiger partial charge in [-0.05, 0) is 109 Å². The van der Waals surface area contributed by atoms with Crippen LogP contribution in [0.1, 0.15) is 2.85 Å². The Labute approximate surface area is 428 Å². The topological polar surface area (TPSA) is 0 Å². The summed E-state index contributed by atoms with van der Waals surface area (Å²) < 4.78 is 0. The average molecular weight is 1130 g/mol. The summed E-state index contributed by atoms with van der Waals surface area (Å²) in [7, 11) is -3.91. The van der Waals surface area contributed by atoms with Crippen molar-refractivity contribution in [3.8, 4) is 0 Å². The van der Waals surface area contributed by atoms with E-state index in [1.165, 1.54) is 58.0 Å².